The molecule has 0 bridgehead atoms. The summed E-state index contributed by atoms with van der Waals surface area (Å²) in [7, 11) is 0. The summed E-state index contributed by atoms with van der Waals surface area (Å²) in [4.78, 5) is 18.2. The van der Waals surface area contributed by atoms with Gasteiger partial charge in [0.2, 0.25) is 0 Å². The highest BCUT2D eigenvalue weighted by atomic mass is 19.1. The van der Waals surface area contributed by atoms with Gasteiger partial charge in [0.25, 0.3) is 0 Å². The molecule has 1 aromatic heterocycles. The van der Waals surface area contributed by atoms with Crippen molar-refractivity contribution in [2.24, 2.45) is 0 Å². The van der Waals surface area contributed by atoms with Crippen molar-refractivity contribution in [3.05, 3.63) is 83.9 Å². The number of halogens is 1. The minimum Gasteiger partial charge on any atom is -0.490 e. The van der Waals surface area contributed by atoms with Crippen molar-refractivity contribution in [3.8, 4) is 17.6 Å². The number of nitrogens with one attached hydrogen (secondary N) is 1. The molecule has 1 saturated heterocycles. The third kappa shape index (κ3) is 6.20. The fraction of sp³-hybridized carbons (Fsp3) is 0.240. The first-order chi connectivity index (χ1) is 16.1. The Morgan fingerprint density at radius 3 is 2.61 bits per heavy atom. The number of hydrogen-bond acceptors (Lipinski definition) is 5. The van der Waals surface area contributed by atoms with Crippen LogP contribution in [0.1, 0.15) is 24.0 Å². The lowest BCUT2D eigenvalue weighted by molar-refractivity contribution is 0.115. The molecule has 33 heavy (non-hydrogen) atoms. The molecule has 1 aliphatic rings. The van der Waals surface area contributed by atoms with Gasteiger partial charge in [-0.05, 0) is 48.0 Å². The van der Waals surface area contributed by atoms with Crippen LogP contribution in [-0.4, -0.2) is 35.1 Å². The zero-order chi connectivity index (χ0) is 23.0. The summed E-state index contributed by atoms with van der Waals surface area (Å²) < 4.78 is 25.0. The minimum absolute atomic E-state index is 0.0108. The molecule has 2 heterocycles. The number of amides is 2. The summed E-state index contributed by atoms with van der Waals surface area (Å²) in [6.07, 6.45) is 4.39. The summed E-state index contributed by atoms with van der Waals surface area (Å²) in [6.45, 7) is 1.42. The van der Waals surface area contributed by atoms with Crippen molar-refractivity contribution in [1.82, 2.24) is 9.88 Å². The molecular formula is C25H23FN4O3. The lowest BCUT2D eigenvalue weighted by Crippen LogP contribution is -2.43. The van der Waals surface area contributed by atoms with Crippen LogP contribution < -0.4 is 14.8 Å². The number of pyridine rings is 1. The van der Waals surface area contributed by atoms with E-state index in [4.69, 9.17) is 14.7 Å². The molecule has 0 saturated carbocycles. The highest BCUT2D eigenvalue weighted by Crippen LogP contribution is 2.23. The first kappa shape index (κ1) is 22.1. The number of carbonyl (C=O) groups excluding carboxylic acids is 1. The monoisotopic (exact) mass is 446 g/mol. The van der Waals surface area contributed by atoms with Gasteiger partial charge in [0.15, 0.2) is 0 Å². The van der Waals surface area contributed by atoms with Crippen molar-refractivity contribution >= 4 is 11.7 Å². The van der Waals surface area contributed by atoms with E-state index in [9.17, 15) is 9.18 Å². The molecule has 7 nitrogen and oxygen atoms in total. The third-order valence-electron chi connectivity index (χ3n) is 5.27. The van der Waals surface area contributed by atoms with Crippen molar-refractivity contribution in [2.75, 3.05) is 18.4 Å². The lowest BCUT2D eigenvalue weighted by Gasteiger charge is -2.32. The fourth-order valence-corrected chi connectivity index (χ4v) is 3.55. The maximum absolute atomic E-state index is 13.3. The minimum atomic E-state index is -0.284. The highest BCUT2D eigenvalue weighted by Gasteiger charge is 2.24. The fourth-order valence-electron chi connectivity index (χ4n) is 3.55. The number of anilines is 1. The number of piperidine rings is 1. The van der Waals surface area contributed by atoms with E-state index in [1.807, 2.05) is 36.4 Å². The van der Waals surface area contributed by atoms with Crippen LogP contribution in [0.4, 0.5) is 14.9 Å². The van der Waals surface area contributed by atoms with Crippen LogP contribution in [0.3, 0.4) is 0 Å². The van der Waals surface area contributed by atoms with Gasteiger partial charge in [-0.1, -0.05) is 12.1 Å². The van der Waals surface area contributed by atoms with E-state index in [-0.39, 0.29) is 24.6 Å². The molecule has 0 unspecified atom stereocenters. The first-order valence-corrected chi connectivity index (χ1v) is 10.6. The van der Waals surface area contributed by atoms with Crippen molar-refractivity contribution in [3.63, 3.8) is 0 Å². The van der Waals surface area contributed by atoms with E-state index in [1.165, 1.54) is 24.5 Å². The van der Waals surface area contributed by atoms with E-state index in [0.717, 1.165) is 11.3 Å². The zero-order valence-corrected chi connectivity index (χ0v) is 17.9. The predicted octanol–water partition coefficient (Wildman–Crippen LogP) is 4.75. The molecule has 0 atom stereocenters. The van der Waals surface area contributed by atoms with E-state index in [0.29, 0.717) is 42.9 Å². The summed E-state index contributed by atoms with van der Waals surface area (Å²) in [6, 6.07) is 17.0. The molecule has 1 fully saturated rings. The summed E-state index contributed by atoms with van der Waals surface area (Å²) in [5.41, 5.74) is 1.66. The Balaban J connectivity index is 1.22. The van der Waals surface area contributed by atoms with Crippen LogP contribution >= 0.6 is 0 Å². The van der Waals surface area contributed by atoms with Crippen LogP contribution in [0.5, 0.6) is 11.5 Å². The number of nitrogens with zero attached hydrogens (tertiary/aromatic N) is 3. The third-order valence-corrected chi connectivity index (χ3v) is 5.27. The largest absolute Gasteiger partial charge is 0.490 e. The quantitative estimate of drug-likeness (QED) is 0.591. The van der Waals surface area contributed by atoms with Crippen LogP contribution in [0, 0.1) is 17.1 Å². The number of likely N-dealkylation sites (tertiary alicyclic amines) is 1. The van der Waals surface area contributed by atoms with Crippen LogP contribution in [0.25, 0.3) is 0 Å². The van der Waals surface area contributed by atoms with Crippen LogP contribution in [0.15, 0.2) is 67.0 Å². The van der Waals surface area contributed by atoms with Gasteiger partial charge >= 0.3 is 6.03 Å². The Hall–Kier alpha value is -4.12. The Kier molecular flexibility index (Phi) is 7.00. The normalized spacial score (nSPS) is 13.8. The van der Waals surface area contributed by atoms with Crippen molar-refractivity contribution in [2.45, 2.75) is 25.6 Å². The van der Waals surface area contributed by atoms with Gasteiger partial charge in [0, 0.05) is 32.1 Å². The summed E-state index contributed by atoms with van der Waals surface area (Å²) in [5.74, 6) is 1.12. The molecule has 168 valence electrons. The second-order valence-corrected chi connectivity index (χ2v) is 7.70. The average molecular weight is 446 g/mol. The van der Waals surface area contributed by atoms with Gasteiger partial charge in [-0.15, -0.1) is 0 Å². The van der Waals surface area contributed by atoms with Gasteiger partial charge in [-0.2, -0.15) is 5.26 Å². The number of nitriles is 1. The number of rotatable bonds is 6. The van der Waals surface area contributed by atoms with E-state index in [1.54, 1.807) is 17.0 Å². The Morgan fingerprint density at radius 2 is 1.88 bits per heavy atom. The van der Waals surface area contributed by atoms with Gasteiger partial charge in [-0.3, -0.25) is 4.98 Å². The SMILES string of the molecule is N#Cc1cncc(NC(=O)N2CCC(Oc3ccc(OCc4cccc(F)c4)cc3)CC2)c1. The molecule has 3 aromatic rings. The standard InChI is InChI=1S/C25H23FN4O3/c26-20-3-1-2-18(12-20)17-32-22-4-6-23(7-5-22)33-24-8-10-30(11-9-24)25(31)29-21-13-19(14-27)15-28-16-21/h1-7,12-13,15-16,24H,8-11,17H2,(H,29,31). The molecule has 0 aliphatic carbocycles. The molecule has 2 aromatic carbocycles. The van der Waals surface area contributed by atoms with Gasteiger partial charge < -0.3 is 19.7 Å². The maximum atomic E-state index is 13.3. The van der Waals surface area contributed by atoms with Crippen molar-refractivity contribution in [1.29, 1.82) is 5.26 Å². The molecule has 1 N–H and O–H groups in total. The van der Waals surface area contributed by atoms with Crippen molar-refractivity contribution < 1.29 is 18.7 Å². The summed E-state index contributed by atoms with van der Waals surface area (Å²) >= 11 is 0. The molecule has 0 radical (unpaired) electrons. The Labute approximate surface area is 191 Å². The number of hydrogen-bond donors (Lipinski definition) is 1. The van der Waals surface area contributed by atoms with E-state index < -0.39 is 0 Å². The molecule has 2 amide bonds. The second kappa shape index (κ2) is 10.5. The smallest absolute Gasteiger partial charge is 0.321 e. The van der Waals surface area contributed by atoms with Gasteiger partial charge in [0.1, 0.15) is 36.1 Å². The number of aromatic nitrogens is 1. The van der Waals surface area contributed by atoms with E-state index >= 15 is 0 Å². The average Bonchev–Trinajstić information content (AvgIpc) is 2.84. The number of ether oxygens (including phenoxy) is 2. The van der Waals surface area contributed by atoms with E-state index in [2.05, 4.69) is 10.3 Å². The van der Waals surface area contributed by atoms with Gasteiger partial charge in [0.05, 0.1) is 17.4 Å². The number of benzene rings is 2. The highest BCUT2D eigenvalue weighted by molar-refractivity contribution is 5.89. The second-order valence-electron chi connectivity index (χ2n) is 7.70. The Bertz CT molecular complexity index is 1140. The van der Waals surface area contributed by atoms with Crippen LogP contribution in [-0.2, 0) is 6.61 Å². The first-order valence-electron chi connectivity index (χ1n) is 10.6. The lowest BCUT2D eigenvalue weighted by atomic mass is 10.1. The molecule has 4 rings (SSSR count). The molecule has 0 spiro atoms. The zero-order valence-electron chi connectivity index (χ0n) is 17.9. The van der Waals surface area contributed by atoms with Crippen LogP contribution in [0.2, 0.25) is 0 Å². The molecular weight excluding hydrogens is 423 g/mol. The molecule has 1 aliphatic heterocycles. The summed E-state index contributed by atoms with van der Waals surface area (Å²) in [5, 5.41) is 11.7. The number of carbonyl (C=O) groups is 1. The topological polar surface area (TPSA) is 87.5 Å². The number of urea groups is 1. The van der Waals surface area contributed by atoms with Gasteiger partial charge in [-0.25, -0.2) is 9.18 Å². The maximum Gasteiger partial charge on any atom is 0.321 e. The Morgan fingerprint density at radius 1 is 1.12 bits per heavy atom. The predicted molar refractivity (Wildman–Crippen MR) is 120 cm³/mol. The molecule has 8 heteroatoms.